The van der Waals surface area contributed by atoms with Crippen LogP contribution < -0.4 is 0 Å². The lowest BCUT2D eigenvalue weighted by atomic mass is 10.1. The second-order valence-corrected chi connectivity index (χ2v) is 7.57. The number of hydrogen-bond acceptors (Lipinski definition) is 3. The molecule has 0 spiro atoms. The first-order chi connectivity index (χ1) is 14.8. The number of benzene rings is 2. The van der Waals surface area contributed by atoms with Crippen molar-refractivity contribution >= 4 is 17.8 Å². The van der Waals surface area contributed by atoms with E-state index in [0.29, 0.717) is 6.61 Å². The average Bonchev–Trinajstić information content (AvgIpc) is 2.79. The Kier molecular flexibility index (Phi) is 12.3. The maximum Gasteiger partial charge on any atom is 0.151 e. The zero-order valence-electron chi connectivity index (χ0n) is 17.9. The fraction of sp³-hybridized carbons (Fsp3) is 0.333. The normalized spacial score (nSPS) is 11.7. The minimum Gasteiger partial charge on any atom is -0.385 e. The van der Waals surface area contributed by atoms with Crippen LogP contribution in [0.5, 0.6) is 0 Å². The van der Waals surface area contributed by atoms with E-state index in [2.05, 4.69) is 54.0 Å². The number of unbranched alkanes of at least 4 members (excludes halogenated alkanes) is 2. The summed E-state index contributed by atoms with van der Waals surface area (Å²) in [7, 11) is 1.73. The predicted molar refractivity (Wildman–Crippen MR) is 128 cm³/mol. The zero-order valence-corrected chi connectivity index (χ0v) is 18.7. The Labute approximate surface area is 186 Å². The van der Waals surface area contributed by atoms with Crippen LogP contribution in [-0.2, 0) is 9.47 Å². The fourth-order valence-corrected chi connectivity index (χ4v) is 3.35. The molecule has 0 N–H and O–H groups in total. The van der Waals surface area contributed by atoms with E-state index in [-0.39, 0.29) is 6.10 Å². The van der Waals surface area contributed by atoms with Crippen LogP contribution in [0.15, 0.2) is 71.1 Å². The van der Waals surface area contributed by atoms with Crippen LogP contribution >= 0.6 is 11.8 Å². The van der Waals surface area contributed by atoms with Gasteiger partial charge in [0.05, 0.1) is 5.75 Å². The zero-order chi connectivity index (χ0) is 21.3. The summed E-state index contributed by atoms with van der Waals surface area (Å²) in [6.07, 6.45) is 4.65. The molecule has 0 saturated carbocycles. The summed E-state index contributed by atoms with van der Waals surface area (Å²) in [6.45, 7) is 3.36. The van der Waals surface area contributed by atoms with Crippen LogP contribution in [0.4, 0.5) is 0 Å². The molecule has 30 heavy (non-hydrogen) atoms. The second-order valence-electron chi connectivity index (χ2n) is 6.52. The maximum absolute atomic E-state index is 5.95. The summed E-state index contributed by atoms with van der Waals surface area (Å²) in [6, 6.07) is 20.5. The Hall–Kier alpha value is -2.43. The van der Waals surface area contributed by atoms with Gasteiger partial charge in [0.1, 0.15) is 0 Å². The Morgan fingerprint density at radius 1 is 1.00 bits per heavy atom. The van der Waals surface area contributed by atoms with Crippen molar-refractivity contribution in [3.63, 3.8) is 0 Å². The summed E-state index contributed by atoms with van der Waals surface area (Å²) in [5, 5.41) is 0. The van der Waals surface area contributed by atoms with Crippen LogP contribution in [0.3, 0.4) is 0 Å². The van der Waals surface area contributed by atoms with Crippen LogP contribution in [0, 0.1) is 23.7 Å². The van der Waals surface area contributed by atoms with Gasteiger partial charge >= 0.3 is 0 Å². The molecule has 0 radical (unpaired) electrons. The van der Waals surface area contributed by atoms with Gasteiger partial charge in [-0.1, -0.05) is 72.2 Å². The van der Waals surface area contributed by atoms with Gasteiger partial charge in [-0.05, 0) is 43.5 Å². The third kappa shape index (κ3) is 9.86. The Balaban J connectivity index is 2.12. The molecule has 0 amide bonds. The van der Waals surface area contributed by atoms with Crippen molar-refractivity contribution in [1.29, 1.82) is 0 Å². The third-order valence-corrected chi connectivity index (χ3v) is 5.05. The number of rotatable bonds is 10. The van der Waals surface area contributed by atoms with Gasteiger partial charge in [0.15, 0.2) is 6.10 Å². The molecule has 156 valence electrons. The van der Waals surface area contributed by atoms with E-state index < -0.39 is 0 Å². The van der Waals surface area contributed by atoms with Crippen LogP contribution in [0.1, 0.15) is 31.7 Å². The van der Waals surface area contributed by atoms with E-state index in [9.17, 15) is 0 Å². The highest BCUT2D eigenvalue weighted by Gasteiger charge is 2.10. The first-order valence-corrected chi connectivity index (χ1v) is 11.3. The van der Waals surface area contributed by atoms with E-state index in [1.165, 1.54) is 4.90 Å². The Morgan fingerprint density at radius 3 is 2.43 bits per heavy atom. The molecule has 2 aromatic rings. The molecular formula is C27H30O2S. The smallest absolute Gasteiger partial charge is 0.151 e. The van der Waals surface area contributed by atoms with Gasteiger partial charge in [-0.15, -0.1) is 11.8 Å². The van der Waals surface area contributed by atoms with E-state index in [4.69, 9.17) is 9.47 Å². The summed E-state index contributed by atoms with van der Waals surface area (Å²) in [5.74, 6) is 13.9. The molecule has 1 atom stereocenters. The number of ether oxygens (including phenoxy) is 2. The molecule has 3 heteroatoms. The molecule has 0 aliphatic rings. The van der Waals surface area contributed by atoms with Gasteiger partial charge in [0.2, 0.25) is 0 Å². The van der Waals surface area contributed by atoms with Gasteiger partial charge in [0, 0.05) is 37.2 Å². The maximum atomic E-state index is 5.95. The molecule has 0 bridgehead atoms. The molecule has 0 heterocycles. The highest BCUT2D eigenvalue weighted by atomic mass is 32.2. The molecule has 0 aliphatic heterocycles. The summed E-state index contributed by atoms with van der Waals surface area (Å²) in [4.78, 5) is 1.22. The number of hydrogen-bond donors (Lipinski definition) is 0. The SMILES string of the molecule is CCOC(C#CCSc1ccccc1)/C(C#CCCCCOC)=C/c1ccccc1. The molecule has 2 aromatic carbocycles. The first-order valence-electron chi connectivity index (χ1n) is 10.4. The molecule has 1 unspecified atom stereocenters. The molecular weight excluding hydrogens is 388 g/mol. The lowest BCUT2D eigenvalue weighted by Crippen LogP contribution is -2.13. The monoisotopic (exact) mass is 418 g/mol. The third-order valence-electron chi connectivity index (χ3n) is 4.16. The van der Waals surface area contributed by atoms with Gasteiger partial charge in [-0.2, -0.15) is 0 Å². The molecule has 0 fully saturated rings. The van der Waals surface area contributed by atoms with Gasteiger partial charge in [-0.25, -0.2) is 0 Å². The van der Waals surface area contributed by atoms with Crippen LogP contribution in [0.25, 0.3) is 6.08 Å². The lowest BCUT2D eigenvalue weighted by molar-refractivity contribution is 0.130. The highest BCUT2D eigenvalue weighted by Crippen LogP contribution is 2.16. The van der Waals surface area contributed by atoms with E-state index >= 15 is 0 Å². The molecule has 0 saturated heterocycles. The van der Waals surface area contributed by atoms with Gasteiger partial charge < -0.3 is 9.47 Å². The van der Waals surface area contributed by atoms with Crippen molar-refractivity contribution in [3.05, 3.63) is 71.8 Å². The van der Waals surface area contributed by atoms with E-state index in [1.54, 1.807) is 18.9 Å². The molecule has 0 aromatic heterocycles. The number of thioether (sulfide) groups is 1. The topological polar surface area (TPSA) is 18.5 Å². The first kappa shape index (κ1) is 23.8. The van der Waals surface area contributed by atoms with Crippen molar-refractivity contribution in [1.82, 2.24) is 0 Å². The van der Waals surface area contributed by atoms with Crippen molar-refractivity contribution in [2.45, 2.75) is 37.2 Å². The fourth-order valence-electron chi connectivity index (χ4n) is 2.68. The van der Waals surface area contributed by atoms with Crippen molar-refractivity contribution in [2.24, 2.45) is 0 Å². The summed E-state index contributed by atoms with van der Waals surface area (Å²) < 4.78 is 11.1. The molecule has 0 aliphatic carbocycles. The second kappa shape index (κ2) is 15.4. The van der Waals surface area contributed by atoms with Gasteiger partial charge in [-0.3, -0.25) is 0 Å². The van der Waals surface area contributed by atoms with Crippen LogP contribution in [-0.4, -0.2) is 32.2 Å². The minimum atomic E-state index is -0.321. The lowest BCUT2D eigenvalue weighted by Gasteiger charge is -2.11. The Morgan fingerprint density at radius 2 is 1.73 bits per heavy atom. The largest absolute Gasteiger partial charge is 0.385 e. The molecule has 2 rings (SSSR count). The minimum absolute atomic E-state index is 0.321. The van der Waals surface area contributed by atoms with Crippen LogP contribution in [0.2, 0.25) is 0 Å². The van der Waals surface area contributed by atoms with E-state index in [0.717, 1.165) is 42.8 Å². The highest BCUT2D eigenvalue weighted by molar-refractivity contribution is 7.99. The standard InChI is InChI=1S/C27H30O2S/c1-3-29-27(20-14-22-30-26-18-11-7-12-19-26)25(17-10-4-5-13-21-28-2)23-24-15-8-6-9-16-24/h6-9,11-12,15-16,18-19,23,27H,3-5,13,21-22H2,1-2H3/b25-23+. The summed E-state index contributed by atoms with van der Waals surface area (Å²) >= 11 is 1.73. The predicted octanol–water partition coefficient (Wildman–Crippen LogP) is 6.09. The quantitative estimate of drug-likeness (QED) is 0.264. The number of methoxy groups -OCH3 is 1. The average molecular weight is 419 g/mol. The Bertz CT molecular complexity index is 867. The van der Waals surface area contributed by atoms with Crippen molar-refractivity contribution < 1.29 is 9.47 Å². The van der Waals surface area contributed by atoms with E-state index in [1.807, 2.05) is 43.3 Å². The van der Waals surface area contributed by atoms with Gasteiger partial charge in [0.25, 0.3) is 0 Å². The summed E-state index contributed by atoms with van der Waals surface area (Å²) in [5.41, 5.74) is 2.01. The van der Waals surface area contributed by atoms with Crippen molar-refractivity contribution in [3.8, 4) is 23.7 Å². The molecule has 2 nitrogen and oxygen atoms in total. The van der Waals surface area contributed by atoms with Crippen molar-refractivity contribution in [2.75, 3.05) is 26.1 Å².